The summed E-state index contributed by atoms with van der Waals surface area (Å²) in [7, 11) is 0. The SMILES string of the molecule is N#CC1=C2SCN(Cc3ccccc3)CN2C(=O)CC1c1c(Cl)cccc1Cl. The summed E-state index contributed by atoms with van der Waals surface area (Å²) in [6, 6.07) is 17.7. The van der Waals surface area contributed by atoms with Gasteiger partial charge in [0.15, 0.2) is 0 Å². The number of carbonyl (C=O) groups is 1. The zero-order valence-corrected chi connectivity index (χ0v) is 17.3. The molecule has 1 unspecified atom stereocenters. The molecular formula is C21H17Cl2N3OS. The highest BCUT2D eigenvalue weighted by molar-refractivity contribution is 8.03. The Morgan fingerprint density at radius 1 is 1.11 bits per heavy atom. The van der Waals surface area contributed by atoms with E-state index in [0.717, 1.165) is 11.6 Å². The van der Waals surface area contributed by atoms with Gasteiger partial charge < -0.3 is 0 Å². The Balaban J connectivity index is 1.64. The fourth-order valence-corrected chi connectivity index (χ4v) is 5.44. The fourth-order valence-electron chi connectivity index (χ4n) is 3.64. The van der Waals surface area contributed by atoms with Crippen molar-refractivity contribution in [1.29, 1.82) is 5.26 Å². The lowest BCUT2D eigenvalue weighted by atomic mass is 9.86. The number of nitriles is 1. The topological polar surface area (TPSA) is 47.3 Å². The molecule has 1 saturated heterocycles. The summed E-state index contributed by atoms with van der Waals surface area (Å²) in [5.74, 6) is 0.292. The van der Waals surface area contributed by atoms with Gasteiger partial charge in [0.25, 0.3) is 0 Å². The first kappa shape index (κ1) is 19.4. The molecule has 142 valence electrons. The number of thioether (sulfide) groups is 1. The number of nitrogens with zero attached hydrogens (tertiary/aromatic N) is 3. The van der Waals surface area contributed by atoms with Gasteiger partial charge in [0.05, 0.1) is 29.2 Å². The number of hydrogen-bond donors (Lipinski definition) is 0. The van der Waals surface area contributed by atoms with E-state index in [4.69, 9.17) is 23.2 Å². The number of amides is 1. The number of rotatable bonds is 3. The van der Waals surface area contributed by atoms with E-state index >= 15 is 0 Å². The van der Waals surface area contributed by atoms with Crippen LogP contribution in [0.2, 0.25) is 10.0 Å². The zero-order valence-electron chi connectivity index (χ0n) is 14.9. The molecule has 0 spiro atoms. The van der Waals surface area contributed by atoms with E-state index in [0.29, 0.717) is 33.7 Å². The average Bonchev–Trinajstić information content (AvgIpc) is 2.69. The van der Waals surface area contributed by atoms with Gasteiger partial charge >= 0.3 is 0 Å². The lowest BCUT2D eigenvalue weighted by Crippen LogP contribution is -2.46. The molecule has 2 heterocycles. The van der Waals surface area contributed by atoms with Gasteiger partial charge in [0, 0.05) is 28.9 Å². The van der Waals surface area contributed by atoms with Crippen molar-refractivity contribution in [2.45, 2.75) is 18.9 Å². The van der Waals surface area contributed by atoms with Crippen LogP contribution >= 0.6 is 35.0 Å². The van der Waals surface area contributed by atoms with Gasteiger partial charge in [-0.05, 0) is 23.3 Å². The van der Waals surface area contributed by atoms with Gasteiger partial charge in [-0.3, -0.25) is 14.6 Å². The van der Waals surface area contributed by atoms with E-state index in [1.165, 1.54) is 17.3 Å². The van der Waals surface area contributed by atoms with E-state index in [9.17, 15) is 10.1 Å². The third kappa shape index (κ3) is 3.66. The van der Waals surface area contributed by atoms with Gasteiger partial charge in [0.2, 0.25) is 5.91 Å². The predicted molar refractivity (Wildman–Crippen MR) is 113 cm³/mol. The molecule has 2 aliphatic rings. The Bertz CT molecular complexity index is 967. The normalized spacial score (nSPS) is 20.1. The highest BCUT2D eigenvalue weighted by Crippen LogP contribution is 2.46. The molecule has 28 heavy (non-hydrogen) atoms. The fraction of sp³-hybridized carbons (Fsp3) is 0.238. The molecule has 1 amide bonds. The molecule has 0 saturated carbocycles. The number of hydrogen-bond acceptors (Lipinski definition) is 4. The first-order valence-electron chi connectivity index (χ1n) is 8.86. The summed E-state index contributed by atoms with van der Waals surface area (Å²) >= 11 is 14.3. The lowest BCUT2D eigenvalue weighted by Gasteiger charge is -2.41. The summed E-state index contributed by atoms with van der Waals surface area (Å²) in [5.41, 5.74) is 2.43. The molecule has 1 atom stereocenters. The maximum absolute atomic E-state index is 13.0. The van der Waals surface area contributed by atoms with Gasteiger partial charge in [-0.15, -0.1) is 0 Å². The van der Waals surface area contributed by atoms with Crippen LogP contribution in [0.15, 0.2) is 59.1 Å². The average molecular weight is 430 g/mol. The molecule has 0 bridgehead atoms. The van der Waals surface area contributed by atoms with Crippen LogP contribution in [-0.2, 0) is 11.3 Å². The van der Waals surface area contributed by atoms with E-state index in [1.807, 2.05) is 18.2 Å². The molecule has 2 aromatic carbocycles. The van der Waals surface area contributed by atoms with Gasteiger partial charge in [-0.1, -0.05) is 71.4 Å². The first-order valence-corrected chi connectivity index (χ1v) is 10.6. The van der Waals surface area contributed by atoms with Crippen molar-refractivity contribution in [3.8, 4) is 6.07 Å². The summed E-state index contributed by atoms with van der Waals surface area (Å²) < 4.78 is 0. The van der Waals surface area contributed by atoms with Crippen molar-refractivity contribution in [2.24, 2.45) is 0 Å². The van der Waals surface area contributed by atoms with Crippen LogP contribution in [0.5, 0.6) is 0 Å². The molecule has 0 radical (unpaired) electrons. The number of allylic oxidation sites excluding steroid dienone is 1. The van der Waals surface area contributed by atoms with E-state index in [1.54, 1.807) is 23.1 Å². The van der Waals surface area contributed by atoms with Crippen LogP contribution in [0.25, 0.3) is 0 Å². The Labute approximate surface area is 178 Å². The minimum Gasteiger partial charge on any atom is -0.292 e. The van der Waals surface area contributed by atoms with Crippen molar-refractivity contribution in [3.63, 3.8) is 0 Å². The van der Waals surface area contributed by atoms with Crippen molar-refractivity contribution >= 4 is 40.9 Å². The number of carbonyl (C=O) groups excluding carboxylic acids is 1. The van der Waals surface area contributed by atoms with Crippen molar-refractivity contribution in [1.82, 2.24) is 9.80 Å². The number of fused-ring (bicyclic) bond motifs is 1. The third-order valence-electron chi connectivity index (χ3n) is 4.95. The summed E-state index contributed by atoms with van der Waals surface area (Å²) in [6.45, 7) is 1.23. The Morgan fingerprint density at radius 3 is 2.50 bits per heavy atom. The highest BCUT2D eigenvalue weighted by Gasteiger charge is 2.39. The molecule has 0 N–H and O–H groups in total. The summed E-state index contributed by atoms with van der Waals surface area (Å²) in [4.78, 5) is 16.9. The van der Waals surface area contributed by atoms with E-state index in [2.05, 4.69) is 23.1 Å². The zero-order chi connectivity index (χ0) is 19.7. The smallest absolute Gasteiger partial charge is 0.229 e. The molecule has 4 nitrogen and oxygen atoms in total. The van der Waals surface area contributed by atoms with Crippen LogP contribution in [0.4, 0.5) is 0 Å². The minimum absolute atomic E-state index is 0.0137. The number of halogens is 2. The monoisotopic (exact) mass is 429 g/mol. The van der Waals surface area contributed by atoms with Crippen LogP contribution < -0.4 is 0 Å². The van der Waals surface area contributed by atoms with Crippen LogP contribution in [0.3, 0.4) is 0 Å². The summed E-state index contributed by atoms with van der Waals surface area (Å²) in [6.07, 6.45) is 0.190. The van der Waals surface area contributed by atoms with Gasteiger partial charge in [-0.25, -0.2) is 0 Å². The third-order valence-corrected chi connectivity index (χ3v) is 6.81. The Morgan fingerprint density at radius 2 is 1.82 bits per heavy atom. The lowest BCUT2D eigenvalue weighted by molar-refractivity contribution is -0.131. The highest BCUT2D eigenvalue weighted by atomic mass is 35.5. The van der Waals surface area contributed by atoms with Crippen LogP contribution in [-0.4, -0.2) is 28.3 Å². The molecule has 0 aromatic heterocycles. The summed E-state index contributed by atoms with van der Waals surface area (Å²) in [5, 5.41) is 11.6. The molecule has 2 aliphatic heterocycles. The second-order valence-electron chi connectivity index (χ2n) is 6.77. The molecule has 7 heteroatoms. The Kier molecular flexibility index (Phi) is 5.65. The van der Waals surface area contributed by atoms with E-state index < -0.39 is 5.92 Å². The minimum atomic E-state index is -0.405. The Hall–Kier alpha value is -1.97. The van der Waals surface area contributed by atoms with Crippen LogP contribution in [0.1, 0.15) is 23.5 Å². The first-order chi connectivity index (χ1) is 13.6. The number of benzene rings is 2. The molecule has 0 aliphatic carbocycles. The standard InChI is InChI=1S/C21H17Cl2N3OS/c22-17-7-4-8-18(23)20(17)15-9-19(27)26-12-25(11-14-5-2-1-3-6-14)13-28-21(26)16(15)10-24/h1-8,15H,9,11-13H2. The molecular weight excluding hydrogens is 413 g/mol. The van der Waals surface area contributed by atoms with E-state index in [-0.39, 0.29) is 12.3 Å². The molecule has 4 rings (SSSR count). The van der Waals surface area contributed by atoms with Gasteiger partial charge in [-0.2, -0.15) is 5.26 Å². The maximum atomic E-state index is 13.0. The second-order valence-corrected chi connectivity index (χ2v) is 8.52. The second kappa shape index (κ2) is 8.18. The predicted octanol–water partition coefficient (Wildman–Crippen LogP) is 5.21. The molecule has 2 aromatic rings. The largest absolute Gasteiger partial charge is 0.292 e. The van der Waals surface area contributed by atoms with Gasteiger partial charge in [0.1, 0.15) is 0 Å². The van der Waals surface area contributed by atoms with Crippen LogP contribution in [0, 0.1) is 11.3 Å². The maximum Gasteiger partial charge on any atom is 0.229 e. The quantitative estimate of drug-likeness (QED) is 0.671. The van der Waals surface area contributed by atoms with Crippen molar-refractivity contribution in [2.75, 3.05) is 12.5 Å². The van der Waals surface area contributed by atoms with Crippen molar-refractivity contribution < 1.29 is 4.79 Å². The molecule has 1 fully saturated rings. The van der Waals surface area contributed by atoms with Crippen molar-refractivity contribution in [3.05, 3.63) is 80.3 Å².